The number of hydrogen-bond donors (Lipinski definition) is 1. The molecule has 1 heterocycles. The summed E-state index contributed by atoms with van der Waals surface area (Å²) in [7, 11) is 0. The molecule has 1 unspecified atom stereocenters. The van der Waals surface area contributed by atoms with Crippen molar-refractivity contribution in [2.45, 2.75) is 25.3 Å². The third-order valence-electron chi connectivity index (χ3n) is 3.17. The Balaban J connectivity index is 2.29. The predicted molar refractivity (Wildman–Crippen MR) is 65.5 cm³/mol. The number of amides is 1. The van der Waals surface area contributed by atoms with Gasteiger partial charge in [0.15, 0.2) is 0 Å². The summed E-state index contributed by atoms with van der Waals surface area (Å²) in [5.41, 5.74) is -0.404. The molecule has 1 N–H and O–H groups in total. The molecule has 1 aliphatic heterocycles. The van der Waals surface area contributed by atoms with Crippen molar-refractivity contribution in [3.63, 3.8) is 0 Å². The highest BCUT2D eigenvalue weighted by molar-refractivity contribution is 5.91. The predicted octanol–water partition coefficient (Wildman–Crippen LogP) is 2.41. The van der Waals surface area contributed by atoms with Gasteiger partial charge in [-0.25, -0.2) is 9.18 Å². The SMILES string of the molecule is CC1(CCC(=O)O)COC(=O)N1c1cccc(F)c1. The standard InChI is InChI=1S/C13H14FNO4/c1-13(6-5-11(16)17)8-19-12(18)15(13)10-4-2-3-9(14)7-10/h2-4,7H,5-6,8H2,1H3,(H,16,17). The fourth-order valence-electron chi connectivity index (χ4n) is 2.16. The number of benzene rings is 1. The van der Waals surface area contributed by atoms with Crippen molar-refractivity contribution in [1.82, 2.24) is 0 Å². The van der Waals surface area contributed by atoms with Gasteiger partial charge < -0.3 is 9.84 Å². The molecule has 1 aliphatic rings. The van der Waals surface area contributed by atoms with Gasteiger partial charge in [0.1, 0.15) is 12.4 Å². The first-order valence-corrected chi connectivity index (χ1v) is 5.87. The zero-order chi connectivity index (χ0) is 14.0. The van der Waals surface area contributed by atoms with E-state index in [2.05, 4.69) is 0 Å². The van der Waals surface area contributed by atoms with Crippen LogP contribution in [0.15, 0.2) is 24.3 Å². The van der Waals surface area contributed by atoms with Crippen LogP contribution in [0.25, 0.3) is 0 Å². The van der Waals surface area contributed by atoms with Crippen molar-refractivity contribution in [3.05, 3.63) is 30.1 Å². The van der Waals surface area contributed by atoms with E-state index < -0.39 is 23.4 Å². The summed E-state index contributed by atoms with van der Waals surface area (Å²) < 4.78 is 18.2. The van der Waals surface area contributed by atoms with Gasteiger partial charge in [-0.3, -0.25) is 9.69 Å². The minimum absolute atomic E-state index is 0.0844. The van der Waals surface area contributed by atoms with Crippen LogP contribution in [0.1, 0.15) is 19.8 Å². The molecule has 102 valence electrons. The van der Waals surface area contributed by atoms with Crippen LogP contribution >= 0.6 is 0 Å². The fraction of sp³-hybridized carbons (Fsp3) is 0.385. The van der Waals surface area contributed by atoms with Gasteiger partial charge in [0.2, 0.25) is 0 Å². The van der Waals surface area contributed by atoms with Crippen LogP contribution in [0.4, 0.5) is 14.9 Å². The molecule has 0 radical (unpaired) electrons. The maximum atomic E-state index is 13.2. The number of carbonyl (C=O) groups is 2. The van der Waals surface area contributed by atoms with Gasteiger partial charge in [-0.15, -0.1) is 0 Å². The Morgan fingerprint density at radius 1 is 1.58 bits per heavy atom. The van der Waals surface area contributed by atoms with Gasteiger partial charge in [0, 0.05) is 6.42 Å². The minimum atomic E-state index is -0.945. The minimum Gasteiger partial charge on any atom is -0.481 e. The first-order chi connectivity index (χ1) is 8.92. The molecule has 1 fully saturated rings. The molecule has 0 spiro atoms. The van der Waals surface area contributed by atoms with E-state index in [9.17, 15) is 14.0 Å². The third kappa shape index (κ3) is 2.67. The summed E-state index contributed by atoms with van der Waals surface area (Å²) in [6.45, 7) is 1.82. The van der Waals surface area contributed by atoms with Gasteiger partial charge in [-0.1, -0.05) is 6.07 Å². The van der Waals surface area contributed by atoms with E-state index in [1.165, 1.54) is 23.1 Å². The molecule has 1 saturated heterocycles. The Bertz CT molecular complexity index is 519. The number of nitrogens with zero attached hydrogens (tertiary/aromatic N) is 1. The zero-order valence-electron chi connectivity index (χ0n) is 10.4. The van der Waals surface area contributed by atoms with E-state index in [0.29, 0.717) is 5.69 Å². The lowest BCUT2D eigenvalue weighted by Crippen LogP contribution is -2.45. The summed E-state index contributed by atoms with van der Waals surface area (Å²) >= 11 is 0. The van der Waals surface area contributed by atoms with Gasteiger partial charge in [0.25, 0.3) is 0 Å². The van der Waals surface area contributed by atoms with Crippen molar-refractivity contribution in [2.24, 2.45) is 0 Å². The van der Waals surface area contributed by atoms with Crippen LogP contribution in [-0.4, -0.2) is 29.3 Å². The quantitative estimate of drug-likeness (QED) is 0.909. The average Bonchev–Trinajstić information content (AvgIpc) is 2.64. The number of hydrogen-bond acceptors (Lipinski definition) is 3. The Labute approximate surface area is 109 Å². The molecule has 0 aliphatic carbocycles. The van der Waals surface area contributed by atoms with Crippen LogP contribution in [0.2, 0.25) is 0 Å². The highest BCUT2D eigenvalue weighted by atomic mass is 19.1. The fourth-order valence-corrected chi connectivity index (χ4v) is 2.16. The lowest BCUT2D eigenvalue weighted by molar-refractivity contribution is -0.137. The number of carbonyl (C=O) groups excluding carboxylic acids is 1. The largest absolute Gasteiger partial charge is 0.481 e. The number of anilines is 1. The van der Waals surface area contributed by atoms with Crippen LogP contribution in [-0.2, 0) is 9.53 Å². The van der Waals surface area contributed by atoms with Gasteiger partial charge in [-0.05, 0) is 31.5 Å². The molecule has 6 heteroatoms. The number of aliphatic carboxylic acids is 1. The number of cyclic esters (lactones) is 1. The molecule has 5 nitrogen and oxygen atoms in total. The molecule has 1 aromatic rings. The molecular weight excluding hydrogens is 253 g/mol. The van der Waals surface area contributed by atoms with Crippen LogP contribution in [0.3, 0.4) is 0 Å². The van der Waals surface area contributed by atoms with Gasteiger partial charge in [-0.2, -0.15) is 0 Å². The topological polar surface area (TPSA) is 66.8 Å². The molecule has 1 aromatic carbocycles. The van der Waals surface area contributed by atoms with E-state index in [1.54, 1.807) is 13.0 Å². The van der Waals surface area contributed by atoms with Crippen LogP contribution < -0.4 is 4.90 Å². The van der Waals surface area contributed by atoms with Crippen LogP contribution in [0.5, 0.6) is 0 Å². The highest BCUT2D eigenvalue weighted by Crippen LogP contribution is 2.34. The average molecular weight is 267 g/mol. The molecule has 19 heavy (non-hydrogen) atoms. The van der Waals surface area contributed by atoms with Crippen molar-refractivity contribution >= 4 is 17.7 Å². The van der Waals surface area contributed by atoms with E-state index in [4.69, 9.17) is 9.84 Å². The summed E-state index contributed by atoms with van der Waals surface area (Å²) in [5.74, 6) is -1.41. The number of carboxylic acids is 1. The molecule has 0 saturated carbocycles. The number of rotatable bonds is 4. The first kappa shape index (κ1) is 13.3. The summed E-state index contributed by atoms with van der Waals surface area (Å²) in [5, 5.41) is 8.75. The van der Waals surface area contributed by atoms with Crippen molar-refractivity contribution in [3.8, 4) is 0 Å². The van der Waals surface area contributed by atoms with E-state index >= 15 is 0 Å². The molecule has 1 amide bonds. The number of halogens is 1. The molecule has 0 aromatic heterocycles. The van der Waals surface area contributed by atoms with E-state index in [1.807, 2.05) is 0 Å². The second-order valence-electron chi connectivity index (χ2n) is 4.76. The second-order valence-corrected chi connectivity index (χ2v) is 4.76. The summed E-state index contributed by atoms with van der Waals surface area (Å²) in [6.07, 6.45) is -0.428. The molecule has 2 rings (SSSR count). The lowest BCUT2D eigenvalue weighted by Gasteiger charge is -2.31. The second kappa shape index (κ2) is 4.87. The van der Waals surface area contributed by atoms with Crippen molar-refractivity contribution in [1.29, 1.82) is 0 Å². The molecular formula is C13H14FNO4. The third-order valence-corrected chi connectivity index (χ3v) is 3.17. The zero-order valence-corrected chi connectivity index (χ0v) is 10.4. The first-order valence-electron chi connectivity index (χ1n) is 5.87. The van der Waals surface area contributed by atoms with E-state index in [-0.39, 0.29) is 19.4 Å². The molecule has 0 bridgehead atoms. The highest BCUT2D eigenvalue weighted by Gasteiger charge is 2.44. The monoisotopic (exact) mass is 267 g/mol. The van der Waals surface area contributed by atoms with Crippen LogP contribution in [0, 0.1) is 5.82 Å². The molecule has 1 atom stereocenters. The van der Waals surface area contributed by atoms with Gasteiger partial charge in [0.05, 0.1) is 11.2 Å². The Morgan fingerprint density at radius 3 is 2.95 bits per heavy atom. The Kier molecular flexibility index (Phi) is 3.42. The summed E-state index contributed by atoms with van der Waals surface area (Å²) in [6, 6.07) is 5.59. The maximum absolute atomic E-state index is 13.2. The summed E-state index contributed by atoms with van der Waals surface area (Å²) in [4.78, 5) is 23.8. The number of carboxylic acid groups (broad SMARTS) is 1. The smallest absolute Gasteiger partial charge is 0.415 e. The Morgan fingerprint density at radius 2 is 2.32 bits per heavy atom. The number of ether oxygens (including phenoxy) is 1. The van der Waals surface area contributed by atoms with Crippen molar-refractivity contribution < 1.29 is 23.8 Å². The lowest BCUT2D eigenvalue weighted by atomic mass is 9.95. The van der Waals surface area contributed by atoms with Crippen molar-refractivity contribution in [2.75, 3.05) is 11.5 Å². The maximum Gasteiger partial charge on any atom is 0.415 e. The van der Waals surface area contributed by atoms with Gasteiger partial charge >= 0.3 is 12.1 Å². The van der Waals surface area contributed by atoms with E-state index in [0.717, 1.165) is 0 Å². The Hall–Kier alpha value is -2.11. The normalized spacial score (nSPS) is 22.4.